The molecule has 1 aromatic heterocycles. The summed E-state index contributed by atoms with van der Waals surface area (Å²) in [7, 11) is 7.07. The number of aromatic nitrogens is 1. The Bertz CT molecular complexity index is 694. The monoisotopic (exact) mass is 375 g/mol. The third kappa shape index (κ3) is 4.70. The number of nitrogens with one attached hydrogen (secondary N) is 2. The van der Waals surface area contributed by atoms with Gasteiger partial charge in [0.15, 0.2) is 5.96 Å². The van der Waals surface area contributed by atoms with Crippen LogP contribution in [0.2, 0.25) is 0 Å². The van der Waals surface area contributed by atoms with Crippen molar-refractivity contribution in [3.05, 3.63) is 23.0 Å². The number of amides is 1. The Kier molecular flexibility index (Phi) is 7.05. The maximum Gasteiger partial charge on any atom is 0.230 e. The van der Waals surface area contributed by atoms with Gasteiger partial charge in [-0.25, -0.2) is 0 Å². The SMILES string of the molecule is CN=C(NCc1ncc(C)c(OC)c1C)NCC1(C(=O)N(C)C)CCCC1. The van der Waals surface area contributed by atoms with Crippen LogP contribution in [0.5, 0.6) is 5.75 Å². The number of rotatable bonds is 6. The van der Waals surface area contributed by atoms with Crippen LogP contribution in [0.4, 0.5) is 0 Å². The number of guanidine groups is 1. The first-order valence-electron chi connectivity index (χ1n) is 9.50. The average molecular weight is 376 g/mol. The van der Waals surface area contributed by atoms with Crippen molar-refractivity contribution in [3.63, 3.8) is 0 Å². The lowest BCUT2D eigenvalue weighted by Gasteiger charge is -2.31. The van der Waals surface area contributed by atoms with Gasteiger partial charge in [-0.15, -0.1) is 0 Å². The van der Waals surface area contributed by atoms with Gasteiger partial charge in [-0.1, -0.05) is 12.8 Å². The van der Waals surface area contributed by atoms with Crippen molar-refractivity contribution >= 4 is 11.9 Å². The molecule has 1 heterocycles. The van der Waals surface area contributed by atoms with Gasteiger partial charge in [0.2, 0.25) is 5.91 Å². The van der Waals surface area contributed by atoms with Gasteiger partial charge in [-0.2, -0.15) is 0 Å². The van der Waals surface area contributed by atoms with Crippen molar-refractivity contribution in [2.75, 3.05) is 34.8 Å². The number of aryl methyl sites for hydroxylation is 1. The molecule has 150 valence electrons. The summed E-state index contributed by atoms with van der Waals surface area (Å²) in [5.74, 6) is 1.74. The highest BCUT2D eigenvalue weighted by Gasteiger charge is 2.42. The minimum Gasteiger partial charge on any atom is -0.496 e. The van der Waals surface area contributed by atoms with E-state index in [2.05, 4.69) is 20.6 Å². The first kappa shape index (κ1) is 21.0. The summed E-state index contributed by atoms with van der Waals surface area (Å²) >= 11 is 0. The Morgan fingerprint density at radius 3 is 2.52 bits per heavy atom. The molecule has 0 aliphatic heterocycles. The van der Waals surface area contributed by atoms with Crippen molar-refractivity contribution in [2.45, 2.75) is 46.1 Å². The molecule has 1 aliphatic carbocycles. The average Bonchev–Trinajstić information content (AvgIpc) is 3.13. The third-order valence-corrected chi connectivity index (χ3v) is 5.41. The van der Waals surface area contributed by atoms with Gasteiger partial charge >= 0.3 is 0 Å². The molecule has 1 fully saturated rings. The first-order chi connectivity index (χ1) is 12.8. The molecule has 0 saturated heterocycles. The molecular formula is C20H33N5O2. The zero-order chi connectivity index (χ0) is 20.0. The highest BCUT2D eigenvalue weighted by atomic mass is 16.5. The molecule has 27 heavy (non-hydrogen) atoms. The van der Waals surface area contributed by atoms with E-state index in [0.29, 0.717) is 19.0 Å². The van der Waals surface area contributed by atoms with Crippen LogP contribution in [0.1, 0.15) is 42.5 Å². The van der Waals surface area contributed by atoms with E-state index in [1.807, 2.05) is 34.1 Å². The molecular weight excluding hydrogens is 342 g/mol. The standard InChI is InChI=1S/C20H33N5O2/c1-14-11-22-16(15(2)17(14)27-6)12-23-19(21-3)24-13-20(9-7-8-10-20)18(26)25(4)5/h11H,7-10,12-13H2,1-6H3,(H2,21,23,24). The lowest BCUT2D eigenvalue weighted by atomic mass is 9.84. The molecule has 7 heteroatoms. The molecule has 2 N–H and O–H groups in total. The van der Waals surface area contributed by atoms with E-state index in [9.17, 15) is 4.79 Å². The second-order valence-electron chi connectivity index (χ2n) is 7.51. The second-order valence-corrected chi connectivity index (χ2v) is 7.51. The Hall–Kier alpha value is -2.31. The fourth-order valence-electron chi connectivity index (χ4n) is 3.88. The highest BCUT2D eigenvalue weighted by molar-refractivity contribution is 5.85. The number of carbonyl (C=O) groups excluding carboxylic acids is 1. The van der Waals surface area contributed by atoms with Crippen LogP contribution in [0, 0.1) is 19.3 Å². The quantitative estimate of drug-likeness (QED) is 0.587. The summed E-state index contributed by atoms with van der Waals surface area (Å²) in [6, 6.07) is 0. The van der Waals surface area contributed by atoms with E-state index in [1.54, 1.807) is 19.1 Å². The summed E-state index contributed by atoms with van der Waals surface area (Å²) in [6.07, 6.45) is 5.86. The van der Waals surface area contributed by atoms with Crippen molar-refractivity contribution in [3.8, 4) is 5.75 Å². The largest absolute Gasteiger partial charge is 0.496 e. The number of hydrogen-bond acceptors (Lipinski definition) is 4. The lowest BCUT2D eigenvalue weighted by molar-refractivity contribution is -0.138. The van der Waals surface area contributed by atoms with Crippen molar-refractivity contribution < 1.29 is 9.53 Å². The van der Waals surface area contributed by atoms with Gasteiger partial charge in [0.1, 0.15) is 5.75 Å². The predicted molar refractivity (Wildman–Crippen MR) is 108 cm³/mol. The number of pyridine rings is 1. The first-order valence-corrected chi connectivity index (χ1v) is 9.50. The number of methoxy groups -OCH3 is 1. The molecule has 0 unspecified atom stereocenters. The molecule has 0 aromatic carbocycles. The highest BCUT2D eigenvalue weighted by Crippen LogP contribution is 2.38. The summed E-state index contributed by atoms with van der Waals surface area (Å²) in [6.45, 7) is 5.12. The van der Waals surface area contributed by atoms with Crippen LogP contribution in [0.25, 0.3) is 0 Å². The second kappa shape index (κ2) is 9.06. The molecule has 0 spiro atoms. The normalized spacial score (nSPS) is 16.1. The van der Waals surface area contributed by atoms with E-state index < -0.39 is 0 Å². The topological polar surface area (TPSA) is 78.9 Å². The van der Waals surface area contributed by atoms with Gasteiger partial charge in [-0.3, -0.25) is 14.8 Å². The van der Waals surface area contributed by atoms with Gasteiger partial charge < -0.3 is 20.3 Å². The molecule has 0 bridgehead atoms. The molecule has 1 aromatic rings. The third-order valence-electron chi connectivity index (χ3n) is 5.41. The van der Waals surface area contributed by atoms with Gasteiger partial charge in [0, 0.05) is 45.0 Å². The van der Waals surface area contributed by atoms with Crippen molar-refractivity contribution in [1.82, 2.24) is 20.5 Å². The Morgan fingerprint density at radius 2 is 1.96 bits per heavy atom. The lowest BCUT2D eigenvalue weighted by Crippen LogP contribution is -2.49. The van der Waals surface area contributed by atoms with Gasteiger partial charge in [0.25, 0.3) is 0 Å². The molecule has 0 radical (unpaired) electrons. The predicted octanol–water partition coefficient (Wildman–Crippen LogP) is 2.02. The Balaban J connectivity index is 2.01. The smallest absolute Gasteiger partial charge is 0.230 e. The Labute approximate surface area is 162 Å². The van der Waals surface area contributed by atoms with Crippen LogP contribution in [0.3, 0.4) is 0 Å². The zero-order valence-electron chi connectivity index (χ0n) is 17.5. The summed E-state index contributed by atoms with van der Waals surface area (Å²) in [4.78, 5) is 23.2. The number of ether oxygens (including phenoxy) is 1. The maximum atomic E-state index is 12.7. The van der Waals surface area contributed by atoms with Crippen LogP contribution >= 0.6 is 0 Å². The zero-order valence-corrected chi connectivity index (χ0v) is 17.5. The summed E-state index contributed by atoms with van der Waals surface area (Å²) in [5.41, 5.74) is 2.63. The van der Waals surface area contributed by atoms with Gasteiger partial charge in [0.05, 0.1) is 24.8 Å². The van der Waals surface area contributed by atoms with Crippen molar-refractivity contribution in [1.29, 1.82) is 0 Å². The number of carbonyl (C=O) groups is 1. The van der Waals surface area contributed by atoms with Crippen LogP contribution in [0.15, 0.2) is 11.2 Å². The molecule has 1 amide bonds. The molecule has 7 nitrogen and oxygen atoms in total. The number of hydrogen-bond donors (Lipinski definition) is 2. The molecule has 1 aliphatic rings. The van der Waals surface area contributed by atoms with E-state index in [-0.39, 0.29) is 11.3 Å². The van der Waals surface area contributed by atoms with E-state index in [0.717, 1.165) is 48.3 Å². The van der Waals surface area contributed by atoms with Crippen molar-refractivity contribution in [2.24, 2.45) is 10.4 Å². The molecule has 1 saturated carbocycles. The van der Waals surface area contributed by atoms with Crippen LogP contribution in [-0.4, -0.2) is 56.5 Å². The molecule has 0 atom stereocenters. The van der Waals surface area contributed by atoms with E-state index >= 15 is 0 Å². The Morgan fingerprint density at radius 1 is 1.30 bits per heavy atom. The van der Waals surface area contributed by atoms with Gasteiger partial charge in [-0.05, 0) is 26.7 Å². The minimum absolute atomic E-state index is 0.198. The summed E-state index contributed by atoms with van der Waals surface area (Å²) < 4.78 is 5.47. The minimum atomic E-state index is -0.331. The van der Waals surface area contributed by atoms with Crippen LogP contribution in [-0.2, 0) is 11.3 Å². The fourth-order valence-corrected chi connectivity index (χ4v) is 3.88. The number of aliphatic imine (C=N–C) groups is 1. The molecule has 2 rings (SSSR count). The van der Waals surface area contributed by atoms with Crippen LogP contribution < -0.4 is 15.4 Å². The number of nitrogens with zero attached hydrogens (tertiary/aromatic N) is 3. The van der Waals surface area contributed by atoms with E-state index in [4.69, 9.17) is 4.74 Å². The maximum absolute atomic E-state index is 12.7. The summed E-state index contributed by atoms with van der Waals surface area (Å²) in [5, 5.41) is 6.65. The van der Waals surface area contributed by atoms with E-state index in [1.165, 1.54) is 0 Å². The fraction of sp³-hybridized carbons (Fsp3) is 0.650.